The van der Waals surface area contributed by atoms with Crippen molar-refractivity contribution in [1.29, 1.82) is 0 Å². The van der Waals surface area contributed by atoms with Gasteiger partial charge in [0.25, 0.3) is 5.91 Å². The van der Waals surface area contributed by atoms with E-state index in [1.807, 2.05) is 38.1 Å². The van der Waals surface area contributed by atoms with Crippen LogP contribution in [0.15, 0.2) is 48.5 Å². The number of carbonyl (C=O) groups excluding carboxylic acids is 2. The fourth-order valence-electron chi connectivity index (χ4n) is 3.94. The molecule has 9 heteroatoms. The molecule has 0 radical (unpaired) electrons. The van der Waals surface area contributed by atoms with Gasteiger partial charge in [0.2, 0.25) is 5.13 Å². The van der Waals surface area contributed by atoms with Gasteiger partial charge in [0.05, 0.1) is 18.1 Å². The van der Waals surface area contributed by atoms with Gasteiger partial charge >= 0.3 is 5.97 Å². The number of benzene rings is 2. The van der Waals surface area contributed by atoms with Crippen LogP contribution in [0.25, 0.3) is 10.6 Å². The highest BCUT2D eigenvalue weighted by molar-refractivity contribution is 7.18. The Morgan fingerprint density at radius 1 is 1.11 bits per heavy atom. The average molecular weight is 497 g/mol. The van der Waals surface area contributed by atoms with E-state index in [0.717, 1.165) is 30.5 Å². The highest BCUT2D eigenvalue weighted by Gasteiger charge is 2.33. The van der Waals surface area contributed by atoms with Crippen LogP contribution >= 0.6 is 11.3 Å². The van der Waals surface area contributed by atoms with E-state index in [1.54, 1.807) is 12.1 Å². The molecule has 4 rings (SSSR count). The van der Waals surface area contributed by atoms with Crippen LogP contribution in [0.4, 0.5) is 9.52 Å². The second kappa shape index (κ2) is 11.5. The number of anilines is 1. The predicted molar refractivity (Wildman–Crippen MR) is 134 cm³/mol. The summed E-state index contributed by atoms with van der Waals surface area (Å²) in [6.45, 7) is 6.90. The molecule has 0 spiro atoms. The number of halogens is 1. The zero-order valence-electron chi connectivity index (χ0n) is 19.9. The van der Waals surface area contributed by atoms with Gasteiger partial charge < -0.3 is 4.74 Å². The third kappa shape index (κ3) is 5.91. The standard InChI is InChI=1S/C26H29FN4O3S/c1-3-5-14-31(24(32)21-8-6-7-9-22(21)27)26-29-28-23(35-26)19-12-10-18(11-13-19)15-30-16-20(17-30)25(33)34-4-2/h6-13,20H,3-5,14-17H2,1-2H3. The van der Waals surface area contributed by atoms with Crippen molar-refractivity contribution in [3.8, 4) is 10.6 Å². The second-order valence-corrected chi connectivity index (χ2v) is 9.48. The largest absolute Gasteiger partial charge is 0.466 e. The first-order chi connectivity index (χ1) is 17.0. The SMILES string of the molecule is CCCCN(C(=O)c1ccccc1F)c1nnc(-c2ccc(CN3CC(C(=O)OCC)C3)cc2)s1. The third-order valence-corrected chi connectivity index (χ3v) is 6.91. The summed E-state index contributed by atoms with van der Waals surface area (Å²) in [5.74, 6) is -1.11. The maximum absolute atomic E-state index is 14.3. The Balaban J connectivity index is 1.42. The Hall–Kier alpha value is -3.17. The molecule has 3 aromatic rings. The summed E-state index contributed by atoms with van der Waals surface area (Å²) >= 11 is 1.32. The number of hydrogen-bond acceptors (Lipinski definition) is 7. The molecule has 2 heterocycles. The number of nitrogens with zero attached hydrogens (tertiary/aromatic N) is 4. The molecule has 2 aromatic carbocycles. The molecule has 1 aromatic heterocycles. The molecule has 0 saturated carbocycles. The van der Waals surface area contributed by atoms with Crippen LogP contribution in [0.5, 0.6) is 0 Å². The molecule has 0 unspecified atom stereocenters. The Labute approximate surface area is 208 Å². The summed E-state index contributed by atoms with van der Waals surface area (Å²) in [6, 6.07) is 14.0. The number of unbranched alkanes of at least 4 members (excludes halogenated alkanes) is 1. The maximum atomic E-state index is 14.3. The van der Waals surface area contributed by atoms with Crippen molar-refractivity contribution >= 4 is 28.3 Å². The van der Waals surface area contributed by atoms with E-state index in [0.29, 0.717) is 36.4 Å². The van der Waals surface area contributed by atoms with E-state index >= 15 is 0 Å². The predicted octanol–water partition coefficient (Wildman–Crippen LogP) is 4.79. The molecule has 0 N–H and O–H groups in total. The van der Waals surface area contributed by atoms with Gasteiger partial charge in [0.15, 0.2) is 0 Å². The molecule has 35 heavy (non-hydrogen) atoms. The first-order valence-electron chi connectivity index (χ1n) is 11.9. The minimum absolute atomic E-state index is 0.0286. The molecule has 1 saturated heterocycles. The van der Waals surface area contributed by atoms with E-state index in [9.17, 15) is 14.0 Å². The van der Waals surface area contributed by atoms with Crippen molar-refractivity contribution in [3.63, 3.8) is 0 Å². The molecule has 7 nitrogen and oxygen atoms in total. The minimum atomic E-state index is -0.546. The molecule has 1 fully saturated rings. The lowest BCUT2D eigenvalue weighted by molar-refractivity contribution is -0.154. The number of carbonyl (C=O) groups is 2. The highest BCUT2D eigenvalue weighted by atomic mass is 32.1. The second-order valence-electron chi connectivity index (χ2n) is 8.52. The number of aromatic nitrogens is 2. The van der Waals surface area contributed by atoms with Gasteiger partial charge in [-0.25, -0.2) is 4.39 Å². The molecule has 0 bridgehead atoms. The maximum Gasteiger partial charge on any atom is 0.311 e. The van der Waals surface area contributed by atoms with Crippen molar-refractivity contribution in [3.05, 3.63) is 65.5 Å². The smallest absolute Gasteiger partial charge is 0.311 e. The summed E-state index contributed by atoms with van der Waals surface area (Å²) in [5, 5.41) is 9.70. The number of likely N-dealkylation sites (tertiary alicyclic amines) is 1. The van der Waals surface area contributed by atoms with Gasteiger partial charge in [0.1, 0.15) is 10.8 Å². The molecule has 184 valence electrons. The van der Waals surface area contributed by atoms with Crippen LogP contribution in [0, 0.1) is 11.7 Å². The summed E-state index contributed by atoms with van der Waals surface area (Å²) < 4.78 is 19.3. The molecule has 1 amide bonds. The lowest BCUT2D eigenvalue weighted by atomic mass is 9.99. The van der Waals surface area contributed by atoms with Crippen LogP contribution in [-0.4, -0.2) is 53.2 Å². The van der Waals surface area contributed by atoms with Gasteiger partial charge in [-0.3, -0.25) is 19.4 Å². The quantitative estimate of drug-likeness (QED) is 0.376. The summed E-state index contributed by atoms with van der Waals surface area (Å²) in [6.07, 6.45) is 1.67. The zero-order valence-corrected chi connectivity index (χ0v) is 20.8. The first kappa shape index (κ1) is 24.9. The molecule has 0 atom stereocenters. The van der Waals surface area contributed by atoms with Crippen LogP contribution < -0.4 is 4.90 Å². The monoisotopic (exact) mass is 496 g/mol. The summed E-state index contributed by atoms with van der Waals surface area (Å²) in [5.41, 5.74) is 2.07. The van der Waals surface area contributed by atoms with E-state index in [1.165, 1.54) is 28.4 Å². The van der Waals surface area contributed by atoms with Gasteiger partial charge in [-0.1, -0.05) is 61.1 Å². The molecule has 1 aliphatic heterocycles. The number of rotatable bonds is 10. The lowest BCUT2D eigenvalue weighted by Gasteiger charge is -2.37. The van der Waals surface area contributed by atoms with Gasteiger partial charge in [-0.15, -0.1) is 10.2 Å². The average Bonchev–Trinajstić information content (AvgIpc) is 3.32. The van der Waals surface area contributed by atoms with Crippen molar-refractivity contribution in [1.82, 2.24) is 15.1 Å². The van der Waals surface area contributed by atoms with Gasteiger partial charge in [0, 0.05) is 31.7 Å². The number of amides is 1. The van der Waals surface area contributed by atoms with E-state index in [2.05, 4.69) is 15.1 Å². The fourth-order valence-corrected chi connectivity index (χ4v) is 4.82. The molecule has 1 aliphatic rings. The van der Waals surface area contributed by atoms with Crippen molar-refractivity contribution in [2.75, 3.05) is 31.1 Å². The molecular weight excluding hydrogens is 467 g/mol. The number of hydrogen-bond donors (Lipinski definition) is 0. The topological polar surface area (TPSA) is 75.6 Å². The van der Waals surface area contributed by atoms with Gasteiger partial charge in [-0.05, 0) is 31.0 Å². The van der Waals surface area contributed by atoms with Gasteiger partial charge in [-0.2, -0.15) is 0 Å². The Kier molecular flexibility index (Phi) is 8.20. The normalized spacial score (nSPS) is 13.9. The van der Waals surface area contributed by atoms with Crippen molar-refractivity contribution < 1.29 is 18.7 Å². The minimum Gasteiger partial charge on any atom is -0.466 e. The Morgan fingerprint density at radius 3 is 2.54 bits per heavy atom. The first-order valence-corrected chi connectivity index (χ1v) is 12.7. The summed E-state index contributed by atoms with van der Waals surface area (Å²) in [7, 11) is 0. The van der Waals surface area contributed by atoms with Crippen LogP contribution in [0.2, 0.25) is 0 Å². The number of ether oxygens (including phenoxy) is 1. The lowest BCUT2D eigenvalue weighted by Crippen LogP contribution is -2.50. The van der Waals surface area contributed by atoms with Crippen LogP contribution in [0.3, 0.4) is 0 Å². The third-order valence-electron chi connectivity index (χ3n) is 5.91. The summed E-state index contributed by atoms with van der Waals surface area (Å²) in [4.78, 5) is 28.6. The fraction of sp³-hybridized carbons (Fsp3) is 0.385. The van der Waals surface area contributed by atoms with Crippen LogP contribution in [0.1, 0.15) is 42.6 Å². The van der Waals surface area contributed by atoms with Crippen LogP contribution in [-0.2, 0) is 16.1 Å². The Morgan fingerprint density at radius 2 is 1.86 bits per heavy atom. The van der Waals surface area contributed by atoms with E-state index in [-0.39, 0.29) is 17.5 Å². The van der Waals surface area contributed by atoms with E-state index in [4.69, 9.17) is 4.74 Å². The molecule has 0 aliphatic carbocycles. The Bertz CT molecular complexity index is 1160. The zero-order chi connectivity index (χ0) is 24.8. The van der Waals surface area contributed by atoms with Crippen molar-refractivity contribution in [2.45, 2.75) is 33.2 Å². The highest BCUT2D eigenvalue weighted by Crippen LogP contribution is 2.31. The number of esters is 1. The van der Waals surface area contributed by atoms with Crippen molar-refractivity contribution in [2.24, 2.45) is 5.92 Å². The molecular formula is C26H29FN4O3S. The van der Waals surface area contributed by atoms with E-state index < -0.39 is 11.7 Å².